The van der Waals surface area contributed by atoms with Crippen molar-refractivity contribution in [2.75, 3.05) is 13.2 Å². The van der Waals surface area contributed by atoms with E-state index in [0.717, 1.165) is 0 Å². The lowest BCUT2D eigenvalue weighted by atomic mass is 10.1. The molecule has 0 aliphatic carbocycles. The number of rotatable bonds is 4. The molecule has 1 heterocycles. The van der Waals surface area contributed by atoms with Gasteiger partial charge in [0.1, 0.15) is 12.1 Å². The van der Waals surface area contributed by atoms with Crippen molar-refractivity contribution in [2.45, 2.75) is 12.1 Å². The van der Waals surface area contributed by atoms with Gasteiger partial charge in [-0.15, -0.1) is 0 Å². The van der Waals surface area contributed by atoms with Gasteiger partial charge in [-0.05, 0) is 0 Å². The van der Waals surface area contributed by atoms with E-state index < -0.39 is 12.1 Å². The number of nitrogens with two attached hydrogens (primary N) is 2. The van der Waals surface area contributed by atoms with Crippen LogP contribution in [0.15, 0.2) is 0 Å². The average Bonchev–Trinajstić information content (AvgIpc) is 2.14. The van der Waals surface area contributed by atoms with Gasteiger partial charge >= 0.3 is 0 Å². The summed E-state index contributed by atoms with van der Waals surface area (Å²) < 4.78 is 0. The Hall–Kier alpha value is -1.22. The summed E-state index contributed by atoms with van der Waals surface area (Å²) in [4.78, 5) is 31.0. The molecule has 1 fully saturated rings. The van der Waals surface area contributed by atoms with Crippen molar-refractivity contribution in [2.24, 2.45) is 11.8 Å². The fourth-order valence-corrected chi connectivity index (χ4v) is 1.10. The second-order valence-corrected chi connectivity index (χ2v) is 2.79. The summed E-state index contributed by atoms with van der Waals surface area (Å²) in [5.74, 6) is 8.81. The Balaban J connectivity index is 2.53. The Morgan fingerprint density at radius 3 is 1.64 bits per heavy atom. The Bertz CT molecular complexity index is 210. The van der Waals surface area contributed by atoms with Gasteiger partial charge in [-0.1, -0.05) is 0 Å². The third-order valence-electron chi connectivity index (χ3n) is 1.79. The molecule has 1 aliphatic rings. The van der Waals surface area contributed by atoms with Crippen molar-refractivity contribution in [3.63, 3.8) is 0 Å². The molecule has 80 valence electrons. The van der Waals surface area contributed by atoms with Gasteiger partial charge in [0.05, 0.1) is 13.2 Å². The lowest BCUT2D eigenvalue weighted by Crippen LogP contribution is -2.64. The molecule has 1 aliphatic heterocycles. The van der Waals surface area contributed by atoms with Crippen molar-refractivity contribution < 1.29 is 19.3 Å². The van der Waals surface area contributed by atoms with Crippen molar-refractivity contribution in [1.29, 1.82) is 0 Å². The molecule has 2 atom stereocenters. The van der Waals surface area contributed by atoms with E-state index in [2.05, 4.69) is 20.3 Å². The zero-order valence-electron chi connectivity index (χ0n) is 7.36. The van der Waals surface area contributed by atoms with Crippen LogP contribution in [0.5, 0.6) is 0 Å². The molecule has 0 bridgehead atoms. The topological polar surface area (TPSA) is 129 Å². The minimum absolute atomic E-state index is 0.0756. The molecule has 14 heavy (non-hydrogen) atoms. The summed E-state index contributed by atoms with van der Waals surface area (Å²) in [6.45, 7) is -0.151. The molecular weight excluding hydrogens is 192 g/mol. The van der Waals surface area contributed by atoms with E-state index in [0.29, 0.717) is 0 Å². The van der Waals surface area contributed by atoms with Gasteiger partial charge in [-0.2, -0.15) is 0 Å². The number of hydrogen-bond donors (Lipinski definition) is 4. The fourth-order valence-electron chi connectivity index (χ4n) is 1.10. The first-order chi connectivity index (χ1) is 6.69. The van der Waals surface area contributed by atoms with Crippen molar-refractivity contribution in [3.05, 3.63) is 0 Å². The molecule has 0 radical (unpaired) electrons. The third-order valence-corrected chi connectivity index (χ3v) is 1.79. The van der Waals surface area contributed by atoms with Crippen molar-refractivity contribution >= 4 is 11.8 Å². The summed E-state index contributed by atoms with van der Waals surface area (Å²) in [5.41, 5.74) is 0. The van der Waals surface area contributed by atoms with E-state index in [1.807, 2.05) is 0 Å². The van der Waals surface area contributed by atoms with E-state index in [1.165, 1.54) is 0 Å². The van der Waals surface area contributed by atoms with Crippen LogP contribution in [-0.4, -0.2) is 37.1 Å². The molecule has 0 aromatic rings. The Labute approximate surface area is 79.8 Å². The summed E-state index contributed by atoms with van der Waals surface area (Å²) in [7, 11) is 0. The zero-order valence-corrected chi connectivity index (χ0v) is 7.36. The standard InChI is InChI=1S/C6H12N4O4/c7-13-1-3-5(11)10-4(2-14-8)6(12)9-3/h3-4H,1-2,7-8H2,(H,9,12)(H,10,11)/t3-,4-/m0/s1. The van der Waals surface area contributed by atoms with Crippen molar-refractivity contribution in [1.82, 2.24) is 10.6 Å². The molecule has 1 rings (SSSR count). The summed E-state index contributed by atoms with van der Waals surface area (Å²) in [6.07, 6.45) is 0. The van der Waals surface area contributed by atoms with E-state index in [9.17, 15) is 9.59 Å². The maximum absolute atomic E-state index is 11.3. The first-order valence-corrected chi connectivity index (χ1v) is 3.93. The first-order valence-electron chi connectivity index (χ1n) is 3.93. The van der Waals surface area contributed by atoms with Crippen LogP contribution < -0.4 is 22.4 Å². The van der Waals surface area contributed by atoms with Crippen LogP contribution in [-0.2, 0) is 19.3 Å². The van der Waals surface area contributed by atoms with Crippen LogP contribution in [0, 0.1) is 0 Å². The molecule has 0 saturated carbocycles. The van der Waals surface area contributed by atoms with Gasteiger partial charge in [0.25, 0.3) is 0 Å². The number of amides is 2. The van der Waals surface area contributed by atoms with Crippen LogP contribution in [0.2, 0.25) is 0 Å². The SMILES string of the molecule is NOC[C@@H]1NC(=O)[C@H](CON)NC1=O. The van der Waals surface area contributed by atoms with Crippen LogP contribution in [0.4, 0.5) is 0 Å². The molecule has 8 nitrogen and oxygen atoms in total. The summed E-state index contributed by atoms with van der Waals surface area (Å²) in [5, 5.41) is 4.82. The Morgan fingerprint density at radius 1 is 1.00 bits per heavy atom. The molecule has 1 saturated heterocycles. The lowest BCUT2D eigenvalue weighted by molar-refractivity contribution is -0.140. The largest absolute Gasteiger partial charge is 0.340 e. The molecule has 0 aromatic carbocycles. The minimum Gasteiger partial charge on any atom is -0.340 e. The summed E-state index contributed by atoms with van der Waals surface area (Å²) >= 11 is 0. The van der Waals surface area contributed by atoms with E-state index in [4.69, 9.17) is 11.8 Å². The highest BCUT2D eigenvalue weighted by Crippen LogP contribution is 1.97. The molecule has 6 N–H and O–H groups in total. The second-order valence-electron chi connectivity index (χ2n) is 2.79. The van der Waals surface area contributed by atoms with E-state index in [1.54, 1.807) is 0 Å². The third kappa shape index (κ3) is 2.39. The summed E-state index contributed by atoms with van der Waals surface area (Å²) in [6, 6.07) is -1.52. The lowest BCUT2D eigenvalue weighted by Gasteiger charge is -2.28. The highest BCUT2D eigenvalue weighted by molar-refractivity contribution is 5.97. The van der Waals surface area contributed by atoms with Gasteiger partial charge < -0.3 is 20.3 Å². The number of carbonyl (C=O) groups excluding carboxylic acids is 2. The van der Waals surface area contributed by atoms with E-state index >= 15 is 0 Å². The molecule has 0 unspecified atom stereocenters. The van der Waals surface area contributed by atoms with Crippen LogP contribution in [0.25, 0.3) is 0 Å². The predicted molar refractivity (Wildman–Crippen MR) is 44.1 cm³/mol. The van der Waals surface area contributed by atoms with Gasteiger partial charge in [0.15, 0.2) is 0 Å². The molecular formula is C6H12N4O4. The second kappa shape index (κ2) is 4.86. The zero-order chi connectivity index (χ0) is 10.6. The number of hydrogen-bond acceptors (Lipinski definition) is 6. The molecule has 2 amide bonds. The maximum Gasteiger partial charge on any atom is 0.245 e. The van der Waals surface area contributed by atoms with Crippen LogP contribution in [0.1, 0.15) is 0 Å². The average molecular weight is 204 g/mol. The van der Waals surface area contributed by atoms with Gasteiger partial charge in [0.2, 0.25) is 11.8 Å². The number of piperazine rings is 1. The van der Waals surface area contributed by atoms with Crippen molar-refractivity contribution in [3.8, 4) is 0 Å². The molecule has 0 aromatic heterocycles. The fraction of sp³-hybridized carbons (Fsp3) is 0.667. The highest BCUT2D eigenvalue weighted by atomic mass is 16.6. The Kier molecular flexibility index (Phi) is 3.77. The van der Waals surface area contributed by atoms with Gasteiger partial charge in [-0.3, -0.25) is 9.59 Å². The van der Waals surface area contributed by atoms with Gasteiger partial charge in [-0.25, -0.2) is 11.8 Å². The minimum atomic E-state index is -0.762. The first kappa shape index (κ1) is 10.9. The molecule has 8 heteroatoms. The van der Waals surface area contributed by atoms with Crippen LogP contribution in [0.3, 0.4) is 0 Å². The number of nitrogens with one attached hydrogen (secondary N) is 2. The quantitative estimate of drug-likeness (QED) is 0.356. The van der Waals surface area contributed by atoms with Crippen LogP contribution >= 0.6 is 0 Å². The Morgan fingerprint density at radius 2 is 1.36 bits per heavy atom. The highest BCUT2D eigenvalue weighted by Gasteiger charge is 2.33. The predicted octanol–water partition coefficient (Wildman–Crippen LogP) is -3.25. The normalized spacial score (nSPS) is 27.0. The smallest absolute Gasteiger partial charge is 0.245 e. The maximum atomic E-state index is 11.3. The monoisotopic (exact) mass is 204 g/mol. The molecule has 0 spiro atoms. The van der Waals surface area contributed by atoms with E-state index in [-0.39, 0.29) is 25.0 Å². The van der Waals surface area contributed by atoms with Gasteiger partial charge in [0, 0.05) is 0 Å². The number of carbonyl (C=O) groups is 2.